The molecule has 1 aliphatic heterocycles. The Balaban J connectivity index is 1.37. The van der Waals surface area contributed by atoms with E-state index in [1.807, 2.05) is 36.4 Å². The third-order valence-electron chi connectivity index (χ3n) is 5.15. The third-order valence-corrected chi connectivity index (χ3v) is 6.20. The third kappa shape index (κ3) is 5.53. The molecule has 0 aliphatic carbocycles. The van der Waals surface area contributed by atoms with E-state index in [-0.39, 0.29) is 11.7 Å². The summed E-state index contributed by atoms with van der Waals surface area (Å²) in [6, 6.07) is 12.9. The van der Waals surface area contributed by atoms with Gasteiger partial charge in [-0.25, -0.2) is 0 Å². The zero-order valence-corrected chi connectivity index (χ0v) is 19.4. The van der Waals surface area contributed by atoms with Gasteiger partial charge in [-0.05, 0) is 49.5 Å². The Bertz CT molecular complexity index is 1070. The number of nitrogens with one attached hydrogen (secondary N) is 1. The van der Waals surface area contributed by atoms with Gasteiger partial charge in [0.25, 0.3) is 5.22 Å². The van der Waals surface area contributed by atoms with Crippen LogP contribution in [0.5, 0.6) is 5.75 Å². The van der Waals surface area contributed by atoms with Gasteiger partial charge in [-0.3, -0.25) is 4.79 Å². The molecule has 2 aromatic carbocycles. The second-order valence-electron chi connectivity index (χ2n) is 7.39. The van der Waals surface area contributed by atoms with Crippen LogP contribution < -0.4 is 15.0 Å². The Hall–Kier alpha value is -2.75. The molecule has 1 saturated heterocycles. The monoisotopic (exact) mass is 473 g/mol. The van der Waals surface area contributed by atoms with Gasteiger partial charge in [0.15, 0.2) is 0 Å². The lowest BCUT2D eigenvalue weighted by Crippen LogP contribution is -2.44. The number of amides is 1. The predicted octanol–water partition coefficient (Wildman–Crippen LogP) is 3.88. The van der Waals surface area contributed by atoms with Crippen molar-refractivity contribution < 1.29 is 13.9 Å². The van der Waals surface area contributed by atoms with E-state index in [2.05, 4.69) is 32.4 Å². The van der Waals surface area contributed by atoms with Gasteiger partial charge < -0.3 is 24.3 Å². The average molecular weight is 474 g/mol. The summed E-state index contributed by atoms with van der Waals surface area (Å²) in [7, 11) is 3.72. The zero-order chi connectivity index (χ0) is 22.5. The van der Waals surface area contributed by atoms with Crippen LogP contribution >= 0.6 is 23.4 Å². The number of thioether (sulfide) groups is 1. The molecule has 10 heteroatoms. The quantitative estimate of drug-likeness (QED) is 0.517. The van der Waals surface area contributed by atoms with E-state index in [0.717, 1.165) is 43.2 Å². The van der Waals surface area contributed by atoms with E-state index in [1.165, 1.54) is 11.8 Å². The standard InChI is InChI=1S/C22H24ClN5O3S/c1-27-9-11-28(12-10-27)19-8-5-16(23)13-18(19)24-20(29)14-32-22-26-25-21(31-22)15-3-6-17(30-2)7-4-15/h3-8,13H,9-12,14H2,1-2H3,(H,24,29). The molecule has 3 aromatic rings. The largest absolute Gasteiger partial charge is 0.497 e. The number of piperazine rings is 1. The molecule has 1 amide bonds. The van der Waals surface area contributed by atoms with Crippen molar-refractivity contribution in [1.82, 2.24) is 15.1 Å². The highest BCUT2D eigenvalue weighted by molar-refractivity contribution is 7.99. The van der Waals surface area contributed by atoms with Crippen LogP contribution in [-0.2, 0) is 4.79 Å². The minimum Gasteiger partial charge on any atom is -0.497 e. The topological polar surface area (TPSA) is 83.7 Å². The Morgan fingerprint density at radius 2 is 1.91 bits per heavy atom. The number of nitrogens with zero attached hydrogens (tertiary/aromatic N) is 4. The van der Waals surface area contributed by atoms with Crippen molar-refractivity contribution in [1.29, 1.82) is 0 Å². The molecule has 1 aromatic heterocycles. The second-order valence-corrected chi connectivity index (χ2v) is 8.75. The van der Waals surface area contributed by atoms with Gasteiger partial charge in [0.1, 0.15) is 5.75 Å². The van der Waals surface area contributed by atoms with E-state index in [4.69, 9.17) is 20.8 Å². The molecule has 1 fully saturated rings. The number of benzene rings is 2. The maximum absolute atomic E-state index is 12.6. The van der Waals surface area contributed by atoms with Gasteiger partial charge in [0, 0.05) is 36.8 Å². The molecule has 168 valence electrons. The van der Waals surface area contributed by atoms with Crippen molar-refractivity contribution in [2.75, 3.05) is 56.3 Å². The van der Waals surface area contributed by atoms with Gasteiger partial charge in [-0.2, -0.15) is 0 Å². The number of methoxy groups -OCH3 is 1. The SMILES string of the molecule is COc1ccc(-c2nnc(SCC(=O)Nc3cc(Cl)ccc3N3CCN(C)CC3)o2)cc1. The first kappa shape index (κ1) is 22.4. The van der Waals surface area contributed by atoms with E-state index in [0.29, 0.717) is 21.8 Å². The summed E-state index contributed by atoms with van der Waals surface area (Å²) >= 11 is 7.38. The fourth-order valence-corrected chi connectivity index (χ4v) is 4.10. The van der Waals surface area contributed by atoms with Crippen LogP contribution in [-0.4, -0.2) is 67.1 Å². The number of hydrogen-bond acceptors (Lipinski definition) is 8. The summed E-state index contributed by atoms with van der Waals surface area (Å²) in [6.07, 6.45) is 0. The van der Waals surface area contributed by atoms with E-state index in [1.54, 1.807) is 13.2 Å². The van der Waals surface area contributed by atoms with Gasteiger partial charge in [-0.1, -0.05) is 23.4 Å². The number of halogens is 1. The molecule has 0 bridgehead atoms. The van der Waals surface area contributed by atoms with Crippen LogP contribution in [0.25, 0.3) is 11.5 Å². The highest BCUT2D eigenvalue weighted by Gasteiger charge is 2.19. The van der Waals surface area contributed by atoms with Crippen molar-refractivity contribution >= 4 is 40.6 Å². The van der Waals surface area contributed by atoms with Crippen molar-refractivity contribution in [3.8, 4) is 17.2 Å². The molecular weight excluding hydrogens is 450 g/mol. The van der Waals surface area contributed by atoms with Crippen molar-refractivity contribution in [3.63, 3.8) is 0 Å². The fraction of sp³-hybridized carbons (Fsp3) is 0.318. The average Bonchev–Trinajstić information content (AvgIpc) is 3.28. The smallest absolute Gasteiger partial charge is 0.277 e. The Morgan fingerprint density at radius 1 is 1.16 bits per heavy atom. The molecule has 1 aliphatic rings. The van der Waals surface area contributed by atoms with Crippen LogP contribution in [0.4, 0.5) is 11.4 Å². The molecule has 0 atom stereocenters. The van der Waals surface area contributed by atoms with Crippen LogP contribution in [0.1, 0.15) is 0 Å². The molecule has 32 heavy (non-hydrogen) atoms. The summed E-state index contributed by atoms with van der Waals surface area (Å²) in [5.74, 6) is 1.11. The van der Waals surface area contributed by atoms with E-state index >= 15 is 0 Å². The molecule has 0 spiro atoms. The summed E-state index contributed by atoms with van der Waals surface area (Å²) in [6.45, 7) is 3.73. The lowest BCUT2D eigenvalue weighted by Gasteiger charge is -2.35. The number of carbonyl (C=O) groups excluding carboxylic acids is 1. The van der Waals surface area contributed by atoms with Gasteiger partial charge >= 0.3 is 0 Å². The first-order chi connectivity index (χ1) is 15.5. The Labute approximate surface area is 195 Å². The number of likely N-dealkylation sites (N-methyl/N-ethyl adjacent to an activating group) is 1. The second kappa shape index (κ2) is 10.2. The minimum atomic E-state index is -0.170. The normalized spacial score (nSPS) is 14.4. The Kier molecular flexibility index (Phi) is 7.19. The van der Waals surface area contributed by atoms with Crippen molar-refractivity contribution in [2.24, 2.45) is 0 Å². The van der Waals surface area contributed by atoms with Gasteiger partial charge in [0.05, 0.1) is 24.2 Å². The highest BCUT2D eigenvalue weighted by Crippen LogP contribution is 2.31. The maximum Gasteiger partial charge on any atom is 0.277 e. The first-order valence-corrected chi connectivity index (χ1v) is 11.5. The predicted molar refractivity (Wildman–Crippen MR) is 127 cm³/mol. The molecule has 8 nitrogen and oxygen atoms in total. The number of aromatic nitrogens is 2. The summed E-state index contributed by atoms with van der Waals surface area (Å²) in [5.41, 5.74) is 2.46. The highest BCUT2D eigenvalue weighted by atomic mass is 35.5. The fourth-order valence-electron chi connectivity index (χ4n) is 3.36. The number of anilines is 2. The number of carbonyl (C=O) groups is 1. The lowest BCUT2D eigenvalue weighted by molar-refractivity contribution is -0.113. The summed E-state index contributed by atoms with van der Waals surface area (Å²) in [4.78, 5) is 17.2. The summed E-state index contributed by atoms with van der Waals surface area (Å²) < 4.78 is 10.8. The Morgan fingerprint density at radius 3 is 2.62 bits per heavy atom. The first-order valence-electron chi connectivity index (χ1n) is 10.2. The lowest BCUT2D eigenvalue weighted by atomic mass is 10.2. The van der Waals surface area contributed by atoms with Crippen LogP contribution in [0.3, 0.4) is 0 Å². The number of hydrogen-bond donors (Lipinski definition) is 1. The van der Waals surface area contributed by atoms with Gasteiger partial charge in [-0.15, -0.1) is 10.2 Å². The molecule has 0 unspecified atom stereocenters. The van der Waals surface area contributed by atoms with Gasteiger partial charge in [0.2, 0.25) is 11.8 Å². The minimum absolute atomic E-state index is 0.138. The molecule has 0 saturated carbocycles. The van der Waals surface area contributed by atoms with Crippen LogP contribution in [0, 0.1) is 0 Å². The molecule has 0 radical (unpaired) electrons. The number of ether oxygens (including phenoxy) is 1. The van der Waals surface area contributed by atoms with Crippen molar-refractivity contribution in [2.45, 2.75) is 5.22 Å². The van der Waals surface area contributed by atoms with Crippen LogP contribution in [0.15, 0.2) is 52.1 Å². The molecule has 2 heterocycles. The van der Waals surface area contributed by atoms with Crippen LogP contribution in [0.2, 0.25) is 5.02 Å². The van der Waals surface area contributed by atoms with E-state index in [9.17, 15) is 4.79 Å². The number of rotatable bonds is 7. The molecule has 4 rings (SSSR count). The summed E-state index contributed by atoms with van der Waals surface area (Å²) in [5, 5.41) is 12.0. The zero-order valence-electron chi connectivity index (χ0n) is 17.9. The maximum atomic E-state index is 12.6. The van der Waals surface area contributed by atoms with E-state index < -0.39 is 0 Å². The molecular formula is C22H24ClN5O3S. The van der Waals surface area contributed by atoms with Crippen molar-refractivity contribution in [3.05, 3.63) is 47.5 Å². The molecule has 1 N–H and O–H groups in total.